The molecule has 0 aromatic carbocycles. The minimum Gasteiger partial charge on any atom is -0.396 e. The van der Waals surface area contributed by atoms with Crippen LogP contribution in [0.4, 0.5) is 0 Å². The Balaban J connectivity index is 1.58. The van der Waals surface area contributed by atoms with Crippen LogP contribution in [0.15, 0.2) is 0 Å². The molecule has 0 heterocycles. The summed E-state index contributed by atoms with van der Waals surface area (Å²) < 4.78 is 0. The Labute approximate surface area is 148 Å². The molecule has 4 aliphatic rings. The summed E-state index contributed by atoms with van der Waals surface area (Å²) >= 11 is 0. The number of aliphatic hydroxyl groups excluding tert-OH is 2. The van der Waals surface area contributed by atoms with Gasteiger partial charge in [-0.3, -0.25) is 0 Å². The summed E-state index contributed by atoms with van der Waals surface area (Å²) in [5.74, 6) is 4.60. The normalized spacial score (nSPS) is 55.4. The molecule has 9 atom stereocenters. The van der Waals surface area contributed by atoms with Gasteiger partial charge in [-0.15, -0.1) is 0 Å². The molecule has 2 N–H and O–H groups in total. The van der Waals surface area contributed by atoms with Crippen LogP contribution in [0.5, 0.6) is 0 Å². The Kier molecular flexibility index (Phi) is 4.32. The molecule has 4 saturated carbocycles. The smallest absolute Gasteiger partial charge is 0.0545 e. The number of hydrogen-bond donors (Lipinski definition) is 2. The van der Waals surface area contributed by atoms with Gasteiger partial charge in [-0.2, -0.15) is 0 Å². The van der Waals surface area contributed by atoms with Gasteiger partial charge >= 0.3 is 0 Å². The Morgan fingerprint density at radius 3 is 2.33 bits per heavy atom. The first-order chi connectivity index (χ1) is 11.4. The van der Waals surface area contributed by atoms with Gasteiger partial charge in [0.25, 0.3) is 0 Å². The van der Waals surface area contributed by atoms with Crippen molar-refractivity contribution in [2.75, 3.05) is 6.61 Å². The summed E-state index contributed by atoms with van der Waals surface area (Å²) in [7, 11) is 0. The van der Waals surface area contributed by atoms with Gasteiger partial charge in [-0.1, -0.05) is 13.8 Å². The molecule has 0 amide bonds. The van der Waals surface area contributed by atoms with E-state index in [-0.39, 0.29) is 6.10 Å². The number of fused-ring (bicyclic) bond motifs is 5. The molecule has 24 heavy (non-hydrogen) atoms. The lowest BCUT2D eigenvalue weighted by Crippen LogP contribution is -2.54. The van der Waals surface area contributed by atoms with Crippen molar-refractivity contribution in [1.82, 2.24) is 0 Å². The summed E-state index contributed by atoms with van der Waals surface area (Å²) in [6, 6.07) is 0. The van der Waals surface area contributed by atoms with E-state index in [4.69, 9.17) is 0 Å². The Hall–Kier alpha value is -0.0800. The topological polar surface area (TPSA) is 40.5 Å². The van der Waals surface area contributed by atoms with E-state index in [1.165, 1.54) is 57.8 Å². The summed E-state index contributed by atoms with van der Waals surface area (Å²) in [4.78, 5) is 0. The zero-order valence-electron chi connectivity index (χ0n) is 16.0. The predicted molar refractivity (Wildman–Crippen MR) is 97.5 cm³/mol. The summed E-state index contributed by atoms with van der Waals surface area (Å²) in [5.41, 5.74) is 0.916. The second-order valence-corrected chi connectivity index (χ2v) is 10.4. The fourth-order valence-electron chi connectivity index (χ4n) is 8.35. The van der Waals surface area contributed by atoms with E-state index < -0.39 is 0 Å². The minimum atomic E-state index is -0.136. The molecule has 0 aromatic rings. The summed E-state index contributed by atoms with van der Waals surface area (Å²) in [5, 5.41) is 19.9. The zero-order valence-corrected chi connectivity index (χ0v) is 16.0. The average molecular weight is 335 g/mol. The Bertz CT molecular complexity index is 475. The van der Waals surface area contributed by atoms with Gasteiger partial charge in [-0.25, -0.2) is 0 Å². The van der Waals surface area contributed by atoms with Crippen molar-refractivity contribution in [2.45, 2.75) is 84.7 Å². The third-order valence-electron chi connectivity index (χ3n) is 9.69. The average Bonchev–Trinajstić information content (AvgIpc) is 2.91. The lowest BCUT2D eigenvalue weighted by Gasteiger charge is -2.61. The van der Waals surface area contributed by atoms with E-state index in [9.17, 15) is 10.2 Å². The molecule has 138 valence electrons. The third-order valence-corrected chi connectivity index (χ3v) is 9.69. The molecule has 4 fully saturated rings. The van der Waals surface area contributed by atoms with Crippen LogP contribution in [0, 0.1) is 46.3 Å². The van der Waals surface area contributed by atoms with Crippen LogP contribution in [-0.2, 0) is 0 Å². The molecule has 0 spiro atoms. The van der Waals surface area contributed by atoms with E-state index >= 15 is 0 Å². The van der Waals surface area contributed by atoms with Crippen LogP contribution in [0.1, 0.15) is 78.6 Å². The van der Waals surface area contributed by atoms with E-state index in [1.807, 2.05) is 6.92 Å². The minimum absolute atomic E-state index is 0.136. The van der Waals surface area contributed by atoms with Crippen LogP contribution in [0.3, 0.4) is 0 Å². The largest absolute Gasteiger partial charge is 0.396 e. The van der Waals surface area contributed by atoms with Crippen molar-refractivity contribution in [1.29, 1.82) is 0 Å². The summed E-state index contributed by atoms with van der Waals surface area (Å²) in [6.07, 6.45) is 11.8. The van der Waals surface area contributed by atoms with Crippen molar-refractivity contribution < 1.29 is 10.2 Å². The fraction of sp³-hybridized carbons (Fsp3) is 1.00. The van der Waals surface area contributed by atoms with Crippen LogP contribution >= 0.6 is 0 Å². The maximum absolute atomic E-state index is 10.3. The maximum Gasteiger partial charge on any atom is 0.0545 e. The van der Waals surface area contributed by atoms with Crippen molar-refractivity contribution in [3.8, 4) is 0 Å². The van der Waals surface area contributed by atoms with Crippen LogP contribution < -0.4 is 0 Å². The van der Waals surface area contributed by atoms with Gasteiger partial charge in [0.15, 0.2) is 0 Å². The first-order valence-electron chi connectivity index (χ1n) is 10.7. The molecule has 4 rings (SSSR count). The van der Waals surface area contributed by atoms with Crippen molar-refractivity contribution in [3.05, 3.63) is 0 Å². The molecule has 0 radical (unpaired) electrons. The lowest BCUT2D eigenvalue weighted by molar-refractivity contribution is -0.126. The predicted octanol–water partition coefficient (Wildman–Crippen LogP) is 4.63. The maximum atomic E-state index is 10.3. The van der Waals surface area contributed by atoms with Crippen molar-refractivity contribution in [3.63, 3.8) is 0 Å². The quantitative estimate of drug-likeness (QED) is 0.772. The highest BCUT2D eigenvalue weighted by molar-refractivity contribution is 5.09. The number of aliphatic hydroxyl groups is 2. The van der Waals surface area contributed by atoms with Gasteiger partial charge in [0.1, 0.15) is 0 Å². The third kappa shape index (κ3) is 2.35. The highest BCUT2D eigenvalue weighted by Crippen LogP contribution is 2.68. The second kappa shape index (κ2) is 5.98. The van der Waals surface area contributed by atoms with Gasteiger partial charge < -0.3 is 10.2 Å². The highest BCUT2D eigenvalue weighted by atomic mass is 16.3. The molecule has 2 nitrogen and oxygen atoms in total. The van der Waals surface area contributed by atoms with Gasteiger partial charge in [0, 0.05) is 6.61 Å². The van der Waals surface area contributed by atoms with E-state index in [2.05, 4.69) is 13.8 Å². The molecule has 0 saturated heterocycles. The second-order valence-electron chi connectivity index (χ2n) is 10.4. The molecule has 4 unspecified atom stereocenters. The SMILES string of the molecule is C[C@@H](O)[C@H]1CCC2C3CCC4C[C@@H](CO)CC[C@]4(C)C3CC[C@@]21C. The molecule has 0 bridgehead atoms. The standard InChI is InChI=1S/C22H38O2/c1-14(24)18-6-7-19-17-5-4-16-12-15(13-23)8-10-21(16,2)20(17)9-11-22(18,19)3/h14-20,23-24H,4-13H2,1-3H3/t14-,15+,16?,17?,18-,19?,20?,21+,22-/m1/s1. The van der Waals surface area contributed by atoms with E-state index in [0.717, 1.165) is 23.7 Å². The number of rotatable bonds is 2. The van der Waals surface area contributed by atoms with Crippen molar-refractivity contribution in [2.24, 2.45) is 46.3 Å². The van der Waals surface area contributed by atoms with Crippen LogP contribution in [0.2, 0.25) is 0 Å². The highest BCUT2D eigenvalue weighted by Gasteiger charge is 2.60. The van der Waals surface area contributed by atoms with Gasteiger partial charge in [-0.05, 0) is 111 Å². The lowest BCUT2D eigenvalue weighted by atomic mass is 9.44. The zero-order chi connectivity index (χ0) is 17.1. The summed E-state index contributed by atoms with van der Waals surface area (Å²) in [6.45, 7) is 7.54. The Morgan fingerprint density at radius 1 is 0.917 bits per heavy atom. The van der Waals surface area contributed by atoms with Crippen molar-refractivity contribution >= 4 is 0 Å². The van der Waals surface area contributed by atoms with Gasteiger partial charge in [0.05, 0.1) is 6.10 Å². The number of hydrogen-bond acceptors (Lipinski definition) is 2. The first-order valence-corrected chi connectivity index (χ1v) is 10.7. The van der Waals surface area contributed by atoms with Crippen LogP contribution in [-0.4, -0.2) is 22.9 Å². The Morgan fingerprint density at radius 2 is 1.62 bits per heavy atom. The first kappa shape index (κ1) is 17.3. The van der Waals surface area contributed by atoms with Gasteiger partial charge in [0.2, 0.25) is 0 Å². The molecular formula is C22H38O2. The monoisotopic (exact) mass is 334 g/mol. The molecule has 4 aliphatic carbocycles. The van der Waals surface area contributed by atoms with E-state index in [0.29, 0.717) is 29.3 Å². The van der Waals surface area contributed by atoms with E-state index in [1.54, 1.807) is 0 Å². The molecule has 0 aromatic heterocycles. The molecule has 0 aliphatic heterocycles. The molecule has 2 heteroatoms. The molecular weight excluding hydrogens is 296 g/mol. The fourth-order valence-corrected chi connectivity index (χ4v) is 8.35. The van der Waals surface area contributed by atoms with Crippen LogP contribution in [0.25, 0.3) is 0 Å².